The van der Waals surface area contributed by atoms with Gasteiger partial charge < -0.3 is 4.74 Å². The maximum Gasteiger partial charge on any atom is 0.335 e. The Morgan fingerprint density at radius 3 is 2.50 bits per heavy atom. The third kappa shape index (κ3) is 2.95. The Kier molecular flexibility index (Phi) is 3.61. The summed E-state index contributed by atoms with van der Waals surface area (Å²) < 4.78 is 31.9. The molecule has 3 heterocycles. The molecule has 0 spiro atoms. The van der Waals surface area contributed by atoms with Crippen LogP contribution in [0, 0.1) is 13.8 Å². The van der Waals surface area contributed by atoms with Crippen LogP contribution < -0.4 is 10.0 Å². The van der Waals surface area contributed by atoms with Crippen molar-refractivity contribution < 1.29 is 17.9 Å². The van der Waals surface area contributed by atoms with E-state index >= 15 is 0 Å². The van der Waals surface area contributed by atoms with Gasteiger partial charge in [0.2, 0.25) is 16.0 Å². The molecule has 1 saturated heterocycles. The molecule has 2 aliphatic rings. The van der Waals surface area contributed by atoms with Crippen LogP contribution in [-0.2, 0) is 14.8 Å². The van der Waals surface area contributed by atoms with Gasteiger partial charge in [-0.2, -0.15) is 0 Å². The van der Waals surface area contributed by atoms with E-state index in [1.54, 1.807) is 26.0 Å². The Morgan fingerprint density at radius 2 is 1.95 bits per heavy atom. The first-order valence-corrected chi connectivity index (χ1v) is 8.37. The number of hydrogen-bond donors (Lipinski definition) is 2. The number of nitrogens with one attached hydrogen (secondary N) is 2. The van der Waals surface area contributed by atoms with E-state index in [2.05, 4.69) is 15.3 Å². The number of aromatic nitrogens is 2. The van der Waals surface area contributed by atoms with E-state index in [-0.39, 0.29) is 12.1 Å². The predicted molar refractivity (Wildman–Crippen MR) is 78.8 cm³/mol. The second kappa shape index (κ2) is 5.33. The summed E-state index contributed by atoms with van der Waals surface area (Å²) in [7, 11) is -3.82. The largest absolute Gasteiger partial charge is 0.365 e. The number of anilines is 1. The molecule has 3 rings (SSSR count). The normalized spacial score (nSPS) is 26.2. The zero-order valence-corrected chi connectivity index (χ0v) is 12.9. The van der Waals surface area contributed by atoms with E-state index in [4.69, 9.17) is 4.74 Å². The number of ether oxygens (including phenoxy) is 1. The van der Waals surface area contributed by atoms with Crippen LogP contribution in [0.2, 0.25) is 0 Å². The van der Waals surface area contributed by atoms with E-state index in [0.29, 0.717) is 17.8 Å². The molecular weight excluding hydrogens is 308 g/mol. The molecule has 2 amide bonds. The topological polar surface area (TPSA) is 110 Å². The molecule has 1 fully saturated rings. The van der Waals surface area contributed by atoms with Crippen molar-refractivity contribution in [1.29, 1.82) is 0 Å². The lowest BCUT2D eigenvalue weighted by atomic mass is 10.1. The third-order valence-corrected chi connectivity index (χ3v) is 5.25. The number of nitrogens with zero attached hydrogens (tertiary/aromatic N) is 2. The van der Waals surface area contributed by atoms with E-state index in [9.17, 15) is 13.2 Å². The first-order valence-electron chi connectivity index (χ1n) is 6.82. The number of fused-ring (bicyclic) bond motifs is 2. The fourth-order valence-corrected chi connectivity index (χ4v) is 4.06. The Hall–Kier alpha value is -2.00. The molecular formula is C13H16N4O4S. The van der Waals surface area contributed by atoms with Crippen LogP contribution in [-0.4, -0.2) is 41.9 Å². The van der Waals surface area contributed by atoms with E-state index in [1.165, 1.54) is 0 Å². The van der Waals surface area contributed by atoms with Gasteiger partial charge in [-0.05, 0) is 26.3 Å². The molecule has 0 saturated carbocycles. The molecule has 0 aromatic carbocycles. The summed E-state index contributed by atoms with van der Waals surface area (Å²) in [5.74, 6) is 0.0642. The Morgan fingerprint density at radius 1 is 1.27 bits per heavy atom. The molecule has 0 radical (unpaired) electrons. The van der Waals surface area contributed by atoms with Gasteiger partial charge in [0.1, 0.15) is 5.25 Å². The van der Waals surface area contributed by atoms with Crippen LogP contribution in [0.4, 0.5) is 10.7 Å². The highest BCUT2D eigenvalue weighted by atomic mass is 32.2. The van der Waals surface area contributed by atoms with E-state index in [1.807, 2.05) is 10.8 Å². The molecule has 2 bridgehead atoms. The summed E-state index contributed by atoms with van der Waals surface area (Å²) >= 11 is 0. The van der Waals surface area contributed by atoms with Gasteiger partial charge in [-0.25, -0.2) is 27.9 Å². The molecule has 1 aromatic heterocycles. The monoisotopic (exact) mass is 324 g/mol. The maximum absolute atomic E-state index is 12.2. The highest BCUT2D eigenvalue weighted by molar-refractivity contribution is 7.90. The first-order chi connectivity index (χ1) is 10.3. The number of aryl methyl sites for hydroxylation is 2. The SMILES string of the molecule is Cc1cc(C)nc(NC(=O)NS(=O)(=O)C2CC3C=CC2O3)n1. The van der Waals surface area contributed by atoms with Gasteiger partial charge in [-0.1, -0.05) is 12.2 Å². The molecule has 118 valence electrons. The molecule has 1 aromatic rings. The van der Waals surface area contributed by atoms with Gasteiger partial charge in [0.25, 0.3) is 0 Å². The van der Waals surface area contributed by atoms with Crippen LogP contribution in [0.15, 0.2) is 18.2 Å². The number of amides is 2. The lowest BCUT2D eigenvalue weighted by molar-refractivity contribution is 0.121. The number of carbonyl (C=O) groups is 1. The minimum atomic E-state index is -3.82. The Bertz CT molecular complexity index is 726. The molecule has 2 N–H and O–H groups in total. The number of urea groups is 1. The van der Waals surface area contributed by atoms with Gasteiger partial charge in [-0.3, -0.25) is 5.32 Å². The van der Waals surface area contributed by atoms with Crippen LogP contribution in [0.1, 0.15) is 17.8 Å². The molecule has 9 heteroatoms. The molecule has 22 heavy (non-hydrogen) atoms. The smallest absolute Gasteiger partial charge is 0.335 e. The van der Waals surface area contributed by atoms with Crippen molar-refractivity contribution in [1.82, 2.24) is 14.7 Å². The zero-order chi connectivity index (χ0) is 15.9. The number of rotatable bonds is 3. The molecule has 0 aliphatic carbocycles. The van der Waals surface area contributed by atoms with E-state index in [0.717, 1.165) is 0 Å². The molecule has 3 unspecified atom stereocenters. The fraction of sp³-hybridized carbons (Fsp3) is 0.462. The highest BCUT2D eigenvalue weighted by Crippen LogP contribution is 2.32. The lowest BCUT2D eigenvalue weighted by Crippen LogP contribution is -2.44. The number of carbonyl (C=O) groups excluding carboxylic acids is 1. The molecule has 3 atom stereocenters. The number of sulfonamides is 1. The van der Waals surface area contributed by atoms with Crippen molar-refractivity contribution in [2.24, 2.45) is 0 Å². The summed E-state index contributed by atoms with van der Waals surface area (Å²) in [6.45, 7) is 3.51. The molecule has 2 aliphatic heterocycles. The fourth-order valence-electron chi connectivity index (χ4n) is 2.65. The van der Waals surface area contributed by atoms with Crippen molar-refractivity contribution in [3.63, 3.8) is 0 Å². The van der Waals surface area contributed by atoms with Crippen molar-refractivity contribution in [3.05, 3.63) is 29.6 Å². The lowest BCUT2D eigenvalue weighted by Gasteiger charge is -2.16. The van der Waals surface area contributed by atoms with Crippen LogP contribution >= 0.6 is 0 Å². The summed E-state index contributed by atoms with van der Waals surface area (Å²) in [6, 6.07) is 0.871. The van der Waals surface area contributed by atoms with Gasteiger partial charge in [0.05, 0.1) is 12.2 Å². The van der Waals surface area contributed by atoms with Crippen LogP contribution in [0.5, 0.6) is 0 Å². The van der Waals surface area contributed by atoms with E-state index < -0.39 is 27.4 Å². The standard InChI is InChI=1S/C13H16N4O4S/c1-7-5-8(2)15-12(14-7)16-13(18)17-22(19,20)11-6-9-3-4-10(11)21-9/h3-5,9-11H,6H2,1-2H3,(H2,14,15,16,17,18). The summed E-state index contributed by atoms with van der Waals surface area (Å²) in [5, 5.41) is 1.58. The van der Waals surface area contributed by atoms with Crippen molar-refractivity contribution in [2.45, 2.75) is 37.7 Å². The Labute approximate surface area is 128 Å². The summed E-state index contributed by atoms with van der Waals surface area (Å²) in [4.78, 5) is 19.9. The Balaban J connectivity index is 1.67. The van der Waals surface area contributed by atoms with Gasteiger partial charge in [0.15, 0.2) is 0 Å². The highest BCUT2D eigenvalue weighted by Gasteiger charge is 2.45. The quantitative estimate of drug-likeness (QED) is 0.790. The van der Waals surface area contributed by atoms with Gasteiger partial charge in [-0.15, -0.1) is 0 Å². The zero-order valence-electron chi connectivity index (χ0n) is 12.1. The predicted octanol–water partition coefficient (Wildman–Crippen LogP) is 0.641. The van der Waals surface area contributed by atoms with Crippen molar-refractivity contribution >= 4 is 22.0 Å². The van der Waals surface area contributed by atoms with Crippen molar-refractivity contribution in [2.75, 3.05) is 5.32 Å². The van der Waals surface area contributed by atoms with Crippen LogP contribution in [0.3, 0.4) is 0 Å². The number of hydrogen-bond acceptors (Lipinski definition) is 6. The van der Waals surface area contributed by atoms with Gasteiger partial charge >= 0.3 is 6.03 Å². The average molecular weight is 324 g/mol. The van der Waals surface area contributed by atoms with Crippen molar-refractivity contribution in [3.8, 4) is 0 Å². The average Bonchev–Trinajstić information content (AvgIpc) is 2.98. The minimum absolute atomic E-state index is 0.0642. The third-order valence-electron chi connectivity index (χ3n) is 3.52. The van der Waals surface area contributed by atoms with Crippen LogP contribution in [0.25, 0.3) is 0 Å². The first kappa shape index (κ1) is 14.9. The maximum atomic E-state index is 12.2. The van der Waals surface area contributed by atoms with Gasteiger partial charge in [0, 0.05) is 11.4 Å². The second-order valence-electron chi connectivity index (χ2n) is 5.37. The minimum Gasteiger partial charge on any atom is -0.365 e. The summed E-state index contributed by atoms with van der Waals surface area (Å²) in [6.07, 6.45) is 3.22. The second-order valence-corrected chi connectivity index (χ2v) is 7.27. The molecule has 8 nitrogen and oxygen atoms in total. The summed E-state index contributed by atoms with van der Waals surface area (Å²) in [5.41, 5.74) is 1.36.